The molecule has 3 atom stereocenters. The number of carboxylic acids is 1. The number of nitrogens with one attached hydrogen (secondary N) is 1. The van der Waals surface area contributed by atoms with E-state index in [0.29, 0.717) is 0 Å². The van der Waals surface area contributed by atoms with E-state index in [-0.39, 0.29) is 23.8 Å². The number of carbonyl (C=O) groups is 3. The normalized spacial score (nSPS) is 29.9. The number of aliphatic carboxylic acids is 1. The van der Waals surface area contributed by atoms with E-state index in [2.05, 4.69) is 5.32 Å². The van der Waals surface area contributed by atoms with Gasteiger partial charge in [0.25, 0.3) is 0 Å². The molecular weight excluding hydrogens is 296 g/mol. The van der Waals surface area contributed by atoms with Crippen LogP contribution in [0.5, 0.6) is 0 Å². The zero-order valence-corrected chi connectivity index (χ0v) is 13.3. The van der Waals surface area contributed by atoms with E-state index in [0.717, 1.165) is 0 Å². The van der Waals surface area contributed by atoms with Crippen molar-refractivity contribution in [1.29, 1.82) is 0 Å². The maximum absolute atomic E-state index is 12.1. The lowest BCUT2D eigenvalue weighted by atomic mass is 9.96. The van der Waals surface area contributed by atoms with E-state index in [1.807, 2.05) is 13.8 Å². The fourth-order valence-corrected chi connectivity index (χ4v) is 4.18. The monoisotopic (exact) mass is 316 g/mol. The van der Waals surface area contributed by atoms with E-state index in [9.17, 15) is 19.5 Å². The van der Waals surface area contributed by atoms with Gasteiger partial charge in [0.05, 0.1) is 6.61 Å². The van der Waals surface area contributed by atoms with Gasteiger partial charge in [-0.05, 0) is 19.8 Å². The topological polar surface area (TPSA) is 95.9 Å². The first-order valence-electron chi connectivity index (χ1n) is 6.81. The average Bonchev–Trinajstić information content (AvgIpc) is 2.62. The van der Waals surface area contributed by atoms with Gasteiger partial charge in [-0.3, -0.25) is 4.79 Å². The highest BCUT2D eigenvalue weighted by Crippen LogP contribution is 2.50. The number of thioether (sulfide) groups is 1. The molecule has 0 aliphatic carbocycles. The molecule has 2 N–H and O–H groups in total. The van der Waals surface area contributed by atoms with E-state index in [1.165, 1.54) is 16.7 Å². The highest BCUT2D eigenvalue weighted by atomic mass is 32.2. The Balaban J connectivity index is 2.00. The van der Waals surface area contributed by atoms with Crippen molar-refractivity contribution >= 4 is 29.7 Å². The quantitative estimate of drug-likeness (QED) is 0.748. The summed E-state index contributed by atoms with van der Waals surface area (Å²) in [5.74, 6) is -1.18. The van der Waals surface area contributed by atoms with Gasteiger partial charge in [-0.2, -0.15) is 0 Å². The molecule has 2 amide bonds. The summed E-state index contributed by atoms with van der Waals surface area (Å²) in [5, 5.41) is 11.5. The molecule has 0 saturated carbocycles. The molecular formula is C13H20N2O5S. The lowest BCUT2D eigenvalue weighted by Gasteiger charge is -2.43. The predicted octanol–water partition coefficient (Wildman–Crippen LogP) is 0.884. The fraction of sp³-hybridized carbons (Fsp3) is 0.769. The maximum Gasteiger partial charge on any atom is 0.407 e. The number of rotatable bonds is 4. The zero-order valence-electron chi connectivity index (χ0n) is 12.5. The second-order valence-electron chi connectivity index (χ2n) is 6.21. The Hall–Kier alpha value is -1.44. The van der Waals surface area contributed by atoms with Crippen molar-refractivity contribution in [1.82, 2.24) is 10.2 Å². The minimum absolute atomic E-state index is 0.209. The summed E-state index contributed by atoms with van der Waals surface area (Å²) in [7, 11) is 0. The Labute approximate surface area is 127 Å². The van der Waals surface area contributed by atoms with Crippen molar-refractivity contribution in [3.63, 3.8) is 0 Å². The van der Waals surface area contributed by atoms with Crippen molar-refractivity contribution in [3.05, 3.63) is 0 Å². The molecule has 118 valence electrons. The Morgan fingerprint density at radius 3 is 2.62 bits per heavy atom. The number of ether oxygens (including phenoxy) is 1. The first-order chi connectivity index (χ1) is 9.65. The molecule has 2 rings (SSSR count). The third-order valence-electron chi connectivity index (χ3n) is 3.50. The van der Waals surface area contributed by atoms with Gasteiger partial charge in [0, 0.05) is 4.75 Å². The van der Waals surface area contributed by atoms with Crippen LogP contribution in [0.4, 0.5) is 4.79 Å². The molecule has 0 bridgehead atoms. The Morgan fingerprint density at radius 1 is 1.48 bits per heavy atom. The number of carbonyl (C=O) groups excluding carboxylic acids is 2. The van der Waals surface area contributed by atoms with Crippen LogP contribution in [0.1, 0.15) is 27.7 Å². The minimum atomic E-state index is -1.02. The molecule has 7 nitrogen and oxygen atoms in total. The van der Waals surface area contributed by atoms with Crippen LogP contribution in [0.2, 0.25) is 0 Å². The van der Waals surface area contributed by atoms with Crippen LogP contribution in [-0.4, -0.2) is 56.8 Å². The van der Waals surface area contributed by atoms with Gasteiger partial charge < -0.3 is 20.1 Å². The van der Waals surface area contributed by atoms with Gasteiger partial charge in [0.15, 0.2) is 0 Å². The molecule has 8 heteroatoms. The fourth-order valence-electron chi connectivity index (χ4n) is 2.56. The Bertz CT molecular complexity index is 479. The molecule has 2 saturated heterocycles. The first-order valence-corrected chi connectivity index (χ1v) is 7.69. The van der Waals surface area contributed by atoms with Crippen LogP contribution < -0.4 is 5.32 Å². The summed E-state index contributed by atoms with van der Waals surface area (Å²) in [5.41, 5.74) is 0. The molecule has 0 unspecified atom stereocenters. The van der Waals surface area contributed by atoms with E-state index < -0.39 is 28.9 Å². The summed E-state index contributed by atoms with van der Waals surface area (Å²) in [6.07, 6.45) is -0.640. The minimum Gasteiger partial charge on any atom is -0.480 e. The first kappa shape index (κ1) is 15.9. The van der Waals surface area contributed by atoms with Crippen molar-refractivity contribution in [2.45, 2.75) is 49.9 Å². The molecule has 0 aromatic heterocycles. The van der Waals surface area contributed by atoms with Crippen LogP contribution in [0.25, 0.3) is 0 Å². The van der Waals surface area contributed by atoms with Gasteiger partial charge in [0.1, 0.15) is 17.5 Å². The second-order valence-corrected chi connectivity index (χ2v) is 7.98. The zero-order chi connectivity index (χ0) is 15.9. The number of carboxylic acid groups (broad SMARTS) is 1. The highest BCUT2D eigenvalue weighted by molar-refractivity contribution is 8.01. The third kappa shape index (κ3) is 2.81. The van der Waals surface area contributed by atoms with Crippen LogP contribution >= 0.6 is 11.8 Å². The number of fused-ring (bicyclic) bond motifs is 1. The SMILES string of the molecule is CC(C)COC(=O)N[C@@H]1C(=O)N2[C@H]1SC(C)(C)[C@H]2C(=O)O. The van der Waals surface area contributed by atoms with Crippen LogP contribution in [0.15, 0.2) is 0 Å². The van der Waals surface area contributed by atoms with Gasteiger partial charge in [-0.1, -0.05) is 13.8 Å². The summed E-state index contributed by atoms with van der Waals surface area (Å²) < 4.78 is 4.39. The number of β-lactam (4-membered cyclic amide) rings is 1. The molecule has 0 aromatic carbocycles. The molecule has 2 heterocycles. The lowest BCUT2D eigenvalue weighted by molar-refractivity contribution is -0.160. The van der Waals surface area contributed by atoms with E-state index in [4.69, 9.17) is 4.74 Å². The largest absolute Gasteiger partial charge is 0.480 e. The van der Waals surface area contributed by atoms with Gasteiger partial charge in [0.2, 0.25) is 5.91 Å². The van der Waals surface area contributed by atoms with Crippen LogP contribution in [0.3, 0.4) is 0 Å². The average molecular weight is 316 g/mol. The number of hydrogen-bond acceptors (Lipinski definition) is 5. The second kappa shape index (κ2) is 5.40. The standard InChI is InChI=1S/C13H20N2O5S/c1-6(2)5-20-12(19)14-7-9(16)15-8(11(17)18)13(3,4)21-10(7)15/h6-8,10H,5H2,1-4H3,(H,14,19)(H,17,18)/t7-,8-,10+/m1/s1. The smallest absolute Gasteiger partial charge is 0.407 e. The van der Waals surface area contributed by atoms with E-state index >= 15 is 0 Å². The molecule has 0 radical (unpaired) electrons. The van der Waals surface area contributed by atoms with E-state index in [1.54, 1.807) is 13.8 Å². The predicted molar refractivity (Wildman–Crippen MR) is 76.8 cm³/mol. The molecule has 0 spiro atoms. The Morgan fingerprint density at radius 2 is 2.10 bits per heavy atom. The maximum atomic E-state index is 12.1. The summed E-state index contributed by atoms with van der Waals surface area (Å²) in [6.45, 7) is 7.68. The highest BCUT2D eigenvalue weighted by Gasteiger charge is 2.64. The van der Waals surface area contributed by atoms with Crippen molar-refractivity contribution < 1.29 is 24.2 Å². The Kier molecular flexibility index (Phi) is 4.10. The molecule has 21 heavy (non-hydrogen) atoms. The van der Waals surface area contributed by atoms with Crippen LogP contribution in [0, 0.1) is 5.92 Å². The summed E-state index contributed by atoms with van der Waals surface area (Å²) in [4.78, 5) is 36.4. The van der Waals surface area contributed by atoms with Crippen molar-refractivity contribution in [2.75, 3.05) is 6.61 Å². The molecule has 2 aliphatic heterocycles. The number of alkyl carbamates (subject to hydrolysis) is 1. The number of nitrogens with zero attached hydrogens (tertiary/aromatic N) is 1. The van der Waals surface area contributed by atoms with Crippen molar-refractivity contribution in [2.24, 2.45) is 5.92 Å². The van der Waals surface area contributed by atoms with Crippen LogP contribution in [-0.2, 0) is 14.3 Å². The number of amides is 2. The van der Waals surface area contributed by atoms with Crippen molar-refractivity contribution in [3.8, 4) is 0 Å². The van der Waals surface area contributed by atoms with Gasteiger partial charge >= 0.3 is 12.1 Å². The number of hydrogen-bond donors (Lipinski definition) is 2. The van der Waals surface area contributed by atoms with Gasteiger partial charge in [-0.15, -0.1) is 11.8 Å². The molecule has 0 aromatic rings. The van der Waals surface area contributed by atoms with Gasteiger partial charge in [-0.25, -0.2) is 9.59 Å². The molecule has 2 fully saturated rings. The summed E-state index contributed by atoms with van der Waals surface area (Å²) >= 11 is 1.39. The third-order valence-corrected chi connectivity index (χ3v) is 5.07. The lowest BCUT2D eigenvalue weighted by Crippen LogP contribution is -2.70. The summed E-state index contributed by atoms with van der Waals surface area (Å²) in [6, 6.07) is -1.58. The molecule has 2 aliphatic rings.